The Hall–Kier alpha value is -1.41. The average molecular weight is 377 g/mol. The minimum Gasteiger partial charge on any atom is -0.494 e. The quantitative estimate of drug-likeness (QED) is 0.253. The van der Waals surface area contributed by atoms with Crippen LogP contribution in [0.15, 0.2) is 36.4 Å². The summed E-state index contributed by atoms with van der Waals surface area (Å²) in [5, 5.41) is 2.40. The largest absolute Gasteiger partial charge is 0.494 e. The lowest BCUT2D eigenvalue weighted by atomic mass is 10.1. The van der Waals surface area contributed by atoms with Crippen LogP contribution in [0, 0.1) is 0 Å². The second kappa shape index (κ2) is 12.9. The third-order valence-electron chi connectivity index (χ3n) is 4.60. The van der Waals surface area contributed by atoms with Gasteiger partial charge in [-0.2, -0.15) is 0 Å². The molecule has 0 bridgehead atoms. The number of hydrogen-bond donors (Lipinski definition) is 0. The third-order valence-corrected chi connectivity index (χ3v) is 4.86. The lowest BCUT2D eigenvalue weighted by Crippen LogP contribution is -1.98. The van der Waals surface area contributed by atoms with Crippen molar-refractivity contribution in [1.82, 2.24) is 0 Å². The molecule has 2 aromatic rings. The van der Waals surface area contributed by atoms with Crippen molar-refractivity contribution in [2.45, 2.75) is 64.7 Å². The highest BCUT2D eigenvalue weighted by atomic mass is 35.5. The molecule has 0 fully saturated rings. The minimum atomic E-state index is 0.789. The van der Waals surface area contributed by atoms with Crippen LogP contribution in [0.2, 0.25) is 0 Å². The van der Waals surface area contributed by atoms with Gasteiger partial charge in [0.1, 0.15) is 11.5 Å². The summed E-state index contributed by atoms with van der Waals surface area (Å²) in [6, 6.07) is 12.6. The molecule has 0 heterocycles. The summed E-state index contributed by atoms with van der Waals surface area (Å²) in [5.41, 5.74) is 0. The molecule has 2 rings (SSSR count). The van der Waals surface area contributed by atoms with Crippen molar-refractivity contribution in [2.24, 2.45) is 0 Å². The van der Waals surface area contributed by atoms with Gasteiger partial charge in [-0.15, -0.1) is 11.6 Å². The Balaban J connectivity index is 1.72. The smallest absolute Gasteiger partial charge is 0.119 e. The summed E-state index contributed by atoms with van der Waals surface area (Å²) in [6.07, 6.45) is 10.9. The van der Waals surface area contributed by atoms with E-state index in [4.69, 9.17) is 21.1 Å². The molecule has 0 aliphatic rings. The van der Waals surface area contributed by atoms with Gasteiger partial charge in [0.05, 0.1) is 13.2 Å². The normalized spacial score (nSPS) is 11.0. The van der Waals surface area contributed by atoms with Gasteiger partial charge in [0.2, 0.25) is 0 Å². The number of unbranched alkanes of at least 4 members (excludes halogenated alkanes) is 7. The van der Waals surface area contributed by atoms with Gasteiger partial charge in [-0.1, -0.05) is 57.6 Å². The molecule has 0 unspecified atom stereocenters. The Morgan fingerprint density at radius 2 is 1.15 bits per heavy atom. The van der Waals surface area contributed by atoms with Gasteiger partial charge >= 0.3 is 0 Å². The van der Waals surface area contributed by atoms with Crippen molar-refractivity contribution in [3.05, 3.63) is 36.4 Å². The van der Waals surface area contributed by atoms with Crippen LogP contribution in [0.3, 0.4) is 0 Å². The Morgan fingerprint density at radius 3 is 1.69 bits per heavy atom. The number of benzene rings is 2. The molecule has 26 heavy (non-hydrogen) atoms. The van der Waals surface area contributed by atoms with Gasteiger partial charge < -0.3 is 9.47 Å². The molecule has 0 N–H and O–H groups in total. The first-order valence-corrected chi connectivity index (χ1v) is 10.7. The van der Waals surface area contributed by atoms with Crippen molar-refractivity contribution >= 4 is 22.4 Å². The highest BCUT2D eigenvalue weighted by Crippen LogP contribution is 2.25. The molecular formula is C23H33ClO2. The fourth-order valence-electron chi connectivity index (χ4n) is 3.02. The summed E-state index contributed by atoms with van der Waals surface area (Å²) >= 11 is 5.69. The minimum absolute atomic E-state index is 0.789. The summed E-state index contributed by atoms with van der Waals surface area (Å²) in [4.78, 5) is 0. The monoisotopic (exact) mass is 376 g/mol. The van der Waals surface area contributed by atoms with Crippen LogP contribution in [0.5, 0.6) is 11.5 Å². The Bertz CT molecular complexity index is 627. The molecule has 0 aliphatic heterocycles. The van der Waals surface area contributed by atoms with Gasteiger partial charge in [-0.3, -0.25) is 0 Å². The van der Waals surface area contributed by atoms with Gasteiger partial charge in [-0.25, -0.2) is 0 Å². The molecule has 2 aromatic carbocycles. The fraction of sp³-hybridized carbons (Fsp3) is 0.565. The highest BCUT2D eigenvalue weighted by Gasteiger charge is 2.01. The van der Waals surface area contributed by atoms with Crippen molar-refractivity contribution in [3.8, 4) is 11.5 Å². The number of ether oxygens (including phenoxy) is 2. The van der Waals surface area contributed by atoms with Gasteiger partial charge in [0.15, 0.2) is 0 Å². The standard InChI is InChI=1S/C23H33ClO2/c1-2-3-9-16-25-22-13-11-21-19-23(14-12-20(21)18-22)26-17-10-7-5-4-6-8-15-24/h11-14,18-19H,2-10,15-17H2,1H3. The SMILES string of the molecule is CCCCCOc1ccc2cc(OCCCCCCCCCl)ccc2c1. The Morgan fingerprint density at radius 1 is 0.654 bits per heavy atom. The maximum Gasteiger partial charge on any atom is 0.119 e. The molecule has 0 spiro atoms. The zero-order valence-corrected chi connectivity index (χ0v) is 16.9. The van der Waals surface area contributed by atoms with E-state index in [1.54, 1.807) is 0 Å². The van der Waals surface area contributed by atoms with Crippen LogP contribution in [0.25, 0.3) is 10.8 Å². The van der Waals surface area contributed by atoms with E-state index in [1.807, 2.05) is 0 Å². The molecule has 0 aromatic heterocycles. The van der Waals surface area contributed by atoms with Crippen LogP contribution in [0.4, 0.5) is 0 Å². The predicted molar refractivity (Wildman–Crippen MR) is 113 cm³/mol. The van der Waals surface area contributed by atoms with E-state index in [2.05, 4.69) is 43.3 Å². The van der Waals surface area contributed by atoms with Crippen molar-refractivity contribution in [1.29, 1.82) is 0 Å². The van der Waals surface area contributed by atoms with Crippen LogP contribution in [0.1, 0.15) is 64.7 Å². The maximum atomic E-state index is 5.91. The lowest BCUT2D eigenvalue weighted by Gasteiger charge is -2.09. The number of rotatable bonds is 14. The second-order valence-electron chi connectivity index (χ2n) is 6.89. The molecule has 0 amide bonds. The summed E-state index contributed by atoms with van der Waals surface area (Å²) in [6.45, 7) is 3.80. The Labute approximate surface area is 163 Å². The zero-order chi connectivity index (χ0) is 18.5. The predicted octanol–water partition coefficient (Wildman–Crippen LogP) is 7.37. The van der Waals surface area contributed by atoms with E-state index in [9.17, 15) is 0 Å². The first-order valence-electron chi connectivity index (χ1n) is 10.2. The molecule has 144 valence electrons. The molecule has 2 nitrogen and oxygen atoms in total. The lowest BCUT2D eigenvalue weighted by molar-refractivity contribution is 0.304. The number of hydrogen-bond acceptors (Lipinski definition) is 2. The first kappa shape index (κ1) is 20.9. The van der Waals surface area contributed by atoms with Crippen molar-refractivity contribution in [3.63, 3.8) is 0 Å². The second-order valence-corrected chi connectivity index (χ2v) is 7.26. The zero-order valence-electron chi connectivity index (χ0n) is 16.1. The van der Waals surface area contributed by atoms with E-state index in [0.717, 1.165) is 49.9 Å². The number of halogens is 1. The van der Waals surface area contributed by atoms with Crippen molar-refractivity contribution in [2.75, 3.05) is 19.1 Å². The van der Waals surface area contributed by atoms with Crippen molar-refractivity contribution < 1.29 is 9.47 Å². The first-order chi connectivity index (χ1) is 12.8. The number of alkyl halides is 1. The molecule has 3 heteroatoms. The van der Waals surface area contributed by atoms with E-state index in [0.29, 0.717) is 0 Å². The molecule has 0 atom stereocenters. The summed E-state index contributed by atoms with van der Waals surface area (Å²) in [7, 11) is 0. The fourth-order valence-corrected chi connectivity index (χ4v) is 3.21. The molecule has 0 saturated heterocycles. The highest BCUT2D eigenvalue weighted by molar-refractivity contribution is 6.17. The van der Waals surface area contributed by atoms with Crippen LogP contribution in [-0.4, -0.2) is 19.1 Å². The maximum absolute atomic E-state index is 5.91. The summed E-state index contributed by atoms with van der Waals surface area (Å²) < 4.78 is 11.7. The van der Waals surface area contributed by atoms with Crippen LogP contribution < -0.4 is 9.47 Å². The average Bonchev–Trinajstić information content (AvgIpc) is 2.67. The van der Waals surface area contributed by atoms with E-state index in [-0.39, 0.29) is 0 Å². The molecule has 0 radical (unpaired) electrons. The molecule has 0 saturated carbocycles. The van der Waals surface area contributed by atoms with Gasteiger partial charge in [0, 0.05) is 5.88 Å². The van der Waals surface area contributed by atoms with Gasteiger partial charge in [0.25, 0.3) is 0 Å². The van der Waals surface area contributed by atoms with Crippen LogP contribution >= 0.6 is 11.6 Å². The number of fused-ring (bicyclic) bond motifs is 1. The molecule has 0 aliphatic carbocycles. The van der Waals surface area contributed by atoms with Gasteiger partial charge in [-0.05, 0) is 54.3 Å². The Kier molecular flexibility index (Phi) is 10.3. The summed E-state index contributed by atoms with van der Waals surface area (Å²) in [5.74, 6) is 2.70. The van der Waals surface area contributed by atoms with E-state index in [1.165, 1.54) is 49.3 Å². The van der Waals surface area contributed by atoms with Crippen LogP contribution in [-0.2, 0) is 0 Å². The van der Waals surface area contributed by atoms with E-state index < -0.39 is 0 Å². The molecular weight excluding hydrogens is 344 g/mol. The topological polar surface area (TPSA) is 18.5 Å². The van der Waals surface area contributed by atoms with E-state index >= 15 is 0 Å². The third kappa shape index (κ3) is 7.86.